The van der Waals surface area contributed by atoms with Crippen LogP contribution in [0.1, 0.15) is 38.6 Å². The third-order valence-corrected chi connectivity index (χ3v) is 3.88. The summed E-state index contributed by atoms with van der Waals surface area (Å²) in [5.41, 5.74) is 2.25. The van der Waals surface area contributed by atoms with Crippen LogP contribution in [0.5, 0.6) is 5.75 Å². The molecule has 122 valence electrons. The number of rotatable bonds is 3. The number of halogens is 1. The molecule has 1 aliphatic rings. The van der Waals surface area contributed by atoms with Gasteiger partial charge in [0.2, 0.25) is 0 Å². The van der Waals surface area contributed by atoms with Gasteiger partial charge in [-0.15, -0.1) is 0 Å². The molecule has 23 heavy (non-hydrogen) atoms. The van der Waals surface area contributed by atoms with Crippen molar-refractivity contribution in [1.29, 1.82) is 0 Å². The molecule has 0 fully saturated rings. The number of ether oxygens (including phenoxy) is 3. The predicted molar refractivity (Wildman–Crippen MR) is 78.7 cm³/mol. The molecule has 1 aliphatic heterocycles. The van der Waals surface area contributed by atoms with E-state index in [1.54, 1.807) is 20.8 Å². The molecule has 5 nitrogen and oxygen atoms in total. The topological polar surface area (TPSA) is 57.9 Å². The quantitative estimate of drug-likeness (QED) is 0.809. The number of aryl methyl sites for hydroxylation is 2. The molecule has 0 saturated heterocycles. The second-order valence-corrected chi connectivity index (χ2v) is 5.45. The van der Waals surface area contributed by atoms with Gasteiger partial charge >= 0.3 is 5.97 Å². The normalized spacial score (nSPS) is 13.4. The SMILES string of the molecule is Cc1oc(C)c(C(=O)OCc2cc(F)cc3c2OCOC3)c1C. The number of carbonyl (C=O) groups is 1. The van der Waals surface area contributed by atoms with Crippen LogP contribution < -0.4 is 4.74 Å². The number of fused-ring (bicyclic) bond motifs is 1. The lowest BCUT2D eigenvalue weighted by Crippen LogP contribution is -2.15. The van der Waals surface area contributed by atoms with Crippen LogP contribution in [0.3, 0.4) is 0 Å². The van der Waals surface area contributed by atoms with Gasteiger partial charge in [0, 0.05) is 16.7 Å². The lowest BCUT2D eigenvalue weighted by molar-refractivity contribution is -0.0183. The van der Waals surface area contributed by atoms with E-state index >= 15 is 0 Å². The van der Waals surface area contributed by atoms with Crippen LogP contribution >= 0.6 is 0 Å². The maximum Gasteiger partial charge on any atom is 0.342 e. The van der Waals surface area contributed by atoms with Gasteiger partial charge in [-0.2, -0.15) is 0 Å². The highest BCUT2D eigenvalue weighted by Gasteiger charge is 2.22. The van der Waals surface area contributed by atoms with Crippen LogP contribution in [-0.4, -0.2) is 12.8 Å². The summed E-state index contributed by atoms with van der Waals surface area (Å²) >= 11 is 0. The molecule has 1 aromatic heterocycles. The maximum atomic E-state index is 13.7. The smallest absolute Gasteiger partial charge is 0.342 e. The molecule has 0 bridgehead atoms. The summed E-state index contributed by atoms with van der Waals surface area (Å²) < 4.78 is 34.9. The van der Waals surface area contributed by atoms with Gasteiger partial charge in [0.1, 0.15) is 35.3 Å². The zero-order chi connectivity index (χ0) is 16.6. The van der Waals surface area contributed by atoms with Crippen molar-refractivity contribution < 1.29 is 27.8 Å². The van der Waals surface area contributed by atoms with Gasteiger partial charge in [0.15, 0.2) is 6.79 Å². The second kappa shape index (κ2) is 6.04. The fourth-order valence-corrected chi connectivity index (χ4v) is 2.67. The molecule has 0 atom stereocenters. The lowest BCUT2D eigenvalue weighted by Gasteiger charge is -2.20. The van der Waals surface area contributed by atoms with Crippen LogP contribution in [0.2, 0.25) is 0 Å². The summed E-state index contributed by atoms with van der Waals surface area (Å²) in [6.45, 7) is 5.58. The number of benzene rings is 1. The van der Waals surface area contributed by atoms with E-state index in [9.17, 15) is 9.18 Å². The zero-order valence-electron chi connectivity index (χ0n) is 13.2. The summed E-state index contributed by atoms with van der Waals surface area (Å²) in [5.74, 6) is 0.786. The average Bonchev–Trinajstić information content (AvgIpc) is 2.77. The number of carbonyl (C=O) groups excluding carboxylic acids is 1. The van der Waals surface area contributed by atoms with Crippen molar-refractivity contribution in [3.8, 4) is 5.75 Å². The van der Waals surface area contributed by atoms with Gasteiger partial charge in [-0.05, 0) is 32.9 Å². The van der Waals surface area contributed by atoms with E-state index in [1.807, 2.05) is 0 Å². The standard InChI is InChI=1S/C17H17FO5/c1-9-10(2)23-11(3)15(9)17(19)21-7-13-5-14(18)4-12-6-20-8-22-16(12)13/h4-5H,6-8H2,1-3H3. The fraction of sp³-hybridized carbons (Fsp3) is 0.353. The molecular weight excluding hydrogens is 303 g/mol. The molecule has 0 radical (unpaired) electrons. The first-order valence-electron chi connectivity index (χ1n) is 7.23. The Balaban J connectivity index is 1.81. The minimum Gasteiger partial charge on any atom is -0.467 e. The molecule has 2 heterocycles. The Morgan fingerprint density at radius 2 is 2.04 bits per heavy atom. The molecule has 1 aromatic carbocycles. The van der Waals surface area contributed by atoms with E-state index in [0.717, 1.165) is 5.56 Å². The molecule has 2 aromatic rings. The Morgan fingerprint density at radius 3 is 2.74 bits per heavy atom. The Labute approximate surface area is 132 Å². The van der Waals surface area contributed by atoms with Crippen molar-refractivity contribution >= 4 is 5.97 Å². The first kappa shape index (κ1) is 15.6. The van der Waals surface area contributed by atoms with E-state index in [2.05, 4.69) is 0 Å². The highest BCUT2D eigenvalue weighted by atomic mass is 19.1. The summed E-state index contributed by atoms with van der Waals surface area (Å²) in [7, 11) is 0. The molecule has 0 N–H and O–H groups in total. The highest BCUT2D eigenvalue weighted by Crippen LogP contribution is 2.30. The van der Waals surface area contributed by atoms with Crippen molar-refractivity contribution in [3.63, 3.8) is 0 Å². The summed E-state index contributed by atoms with van der Waals surface area (Å²) in [6.07, 6.45) is 0. The minimum absolute atomic E-state index is 0.0813. The van der Waals surface area contributed by atoms with E-state index in [4.69, 9.17) is 18.6 Å². The van der Waals surface area contributed by atoms with E-state index in [0.29, 0.717) is 34.0 Å². The average molecular weight is 320 g/mol. The van der Waals surface area contributed by atoms with Crippen LogP contribution in [-0.2, 0) is 22.7 Å². The molecule has 0 unspecified atom stereocenters. The third kappa shape index (κ3) is 2.94. The lowest BCUT2D eigenvalue weighted by atomic mass is 10.1. The molecule has 0 saturated carbocycles. The molecule has 3 rings (SSSR count). The summed E-state index contributed by atoms with van der Waals surface area (Å²) in [5, 5.41) is 0. The van der Waals surface area contributed by atoms with Gasteiger partial charge in [0.25, 0.3) is 0 Å². The fourth-order valence-electron chi connectivity index (χ4n) is 2.67. The molecule has 0 spiro atoms. The maximum absolute atomic E-state index is 13.7. The van der Waals surface area contributed by atoms with Crippen molar-refractivity contribution in [2.45, 2.75) is 34.0 Å². The Morgan fingerprint density at radius 1 is 1.26 bits per heavy atom. The molecular formula is C17H17FO5. The van der Waals surface area contributed by atoms with Crippen molar-refractivity contribution in [3.05, 3.63) is 51.7 Å². The molecule has 6 heteroatoms. The Kier molecular flexibility index (Phi) is 4.09. The van der Waals surface area contributed by atoms with Crippen LogP contribution in [0.25, 0.3) is 0 Å². The number of hydrogen-bond acceptors (Lipinski definition) is 5. The molecule has 0 aliphatic carbocycles. The first-order chi connectivity index (χ1) is 11.0. The first-order valence-corrected chi connectivity index (χ1v) is 7.23. The Bertz CT molecular complexity index is 763. The number of furan rings is 1. The van der Waals surface area contributed by atoms with Crippen LogP contribution in [0.4, 0.5) is 4.39 Å². The highest BCUT2D eigenvalue weighted by molar-refractivity contribution is 5.92. The summed E-state index contributed by atoms with van der Waals surface area (Å²) in [4.78, 5) is 12.3. The second-order valence-electron chi connectivity index (χ2n) is 5.45. The van der Waals surface area contributed by atoms with Gasteiger partial charge in [-0.25, -0.2) is 9.18 Å². The Hall–Kier alpha value is -2.34. The van der Waals surface area contributed by atoms with Gasteiger partial charge in [-0.3, -0.25) is 0 Å². The van der Waals surface area contributed by atoms with Crippen LogP contribution in [0.15, 0.2) is 16.5 Å². The molecule has 0 amide bonds. The third-order valence-electron chi connectivity index (χ3n) is 3.88. The van der Waals surface area contributed by atoms with Crippen molar-refractivity contribution in [2.75, 3.05) is 6.79 Å². The van der Waals surface area contributed by atoms with E-state index in [-0.39, 0.29) is 20.0 Å². The minimum atomic E-state index is -0.498. The van der Waals surface area contributed by atoms with E-state index < -0.39 is 11.8 Å². The number of hydrogen-bond donors (Lipinski definition) is 0. The predicted octanol–water partition coefficient (Wildman–Crippen LogP) is 3.57. The van der Waals surface area contributed by atoms with Crippen LogP contribution in [0, 0.1) is 26.6 Å². The summed E-state index contributed by atoms with van der Waals surface area (Å²) in [6, 6.07) is 2.66. The largest absolute Gasteiger partial charge is 0.467 e. The zero-order valence-corrected chi connectivity index (χ0v) is 13.2. The monoisotopic (exact) mass is 320 g/mol. The van der Waals surface area contributed by atoms with Crippen molar-refractivity contribution in [1.82, 2.24) is 0 Å². The van der Waals surface area contributed by atoms with Gasteiger partial charge in [0.05, 0.1) is 6.61 Å². The van der Waals surface area contributed by atoms with Gasteiger partial charge < -0.3 is 18.6 Å². The van der Waals surface area contributed by atoms with Crippen molar-refractivity contribution in [2.24, 2.45) is 0 Å². The van der Waals surface area contributed by atoms with Gasteiger partial charge in [-0.1, -0.05) is 0 Å². The number of esters is 1. The van der Waals surface area contributed by atoms with E-state index in [1.165, 1.54) is 12.1 Å².